The van der Waals surface area contributed by atoms with Crippen LogP contribution in [0.3, 0.4) is 0 Å². The Balaban J connectivity index is 1.72. The lowest BCUT2D eigenvalue weighted by atomic mass is 9.87. The maximum absolute atomic E-state index is 12.8. The third-order valence-electron chi connectivity index (χ3n) is 5.26. The predicted octanol–water partition coefficient (Wildman–Crippen LogP) is 4.42. The number of nitrogens with zero attached hydrogens (tertiary/aromatic N) is 1. The Hall–Kier alpha value is -3.55. The Labute approximate surface area is 193 Å². The van der Waals surface area contributed by atoms with E-state index in [2.05, 4.69) is 5.32 Å². The Bertz CT molecular complexity index is 1020. The maximum atomic E-state index is 12.8. The second-order valence-corrected chi connectivity index (χ2v) is 9.13. The molecule has 1 aliphatic rings. The van der Waals surface area contributed by atoms with Gasteiger partial charge in [0.25, 0.3) is 0 Å². The highest BCUT2D eigenvalue weighted by molar-refractivity contribution is 5.83. The van der Waals surface area contributed by atoms with Crippen LogP contribution in [0.5, 0.6) is 0 Å². The van der Waals surface area contributed by atoms with Crippen LogP contribution in [0.15, 0.2) is 48.5 Å². The van der Waals surface area contributed by atoms with Gasteiger partial charge in [0.15, 0.2) is 6.04 Å². The maximum Gasteiger partial charge on any atom is 0.411 e. The molecule has 2 aromatic rings. The van der Waals surface area contributed by atoms with E-state index in [1.165, 1.54) is 4.90 Å². The summed E-state index contributed by atoms with van der Waals surface area (Å²) in [4.78, 5) is 38.4. The molecule has 176 valence electrons. The van der Waals surface area contributed by atoms with Crippen molar-refractivity contribution >= 4 is 18.2 Å². The van der Waals surface area contributed by atoms with E-state index in [0.29, 0.717) is 17.5 Å². The van der Waals surface area contributed by atoms with Crippen LogP contribution in [-0.2, 0) is 33.8 Å². The van der Waals surface area contributed by atoms with Crippen LogP contribution in [0.1, 0.15) is 56.0 Å². The largest absolute Gasteiger partial charge is 0.479 e. The van der Waals surface area contributed by atoms with Gasteiger partial charge in [0, 0.05) is 12.6 Å². The average Bonchev–Trinajstić information content (AvgIpc) is 2.74. The van der Waals surface area contributed by atoms with Crippen LogP contribution < -0.4 is 5.32 Å². The van der Waals surface area contributed by atoms with E-state index < -0.39 is 29.8 Å². The molecule has 0 spiro atoms. The third kappa shape index (κ3) is 6.25. The van der Waals surface area contributed by atoms with Gasteiger partial charge in [-0.25, -0.2) is 14.4 Å². The van der Waals surface area contributed by atoms with E-state index >= 15 is 0 Å². The SMILES string of the molecule is C[C@H]1Cc2ccc(CNC(=O)OCc3ccccc3)cc2C(C(=O)O)N1C(=O)OC(C)(C)C. The highest BCUT2D eigenvalue weighted by Crippen LogP contribution is 2.35. The summed E-state index contributed by atoms with van der Waals surface area (Å²) in [6, 6.07) is 13.2. The van der Waals surface area contributed by atoms with E-state index in [1.54, 1.807) is 33.8 Å². The molecule has 1 heterocycles. The Morgan fingerprint density at radius 1 is 1.09 bits per heavy atom. The Kier molecular flexibility index (Phi) is 7.26. The van der Waals surface area contributed by atoms with E-state index in [4.69, 9.17) is 9.47 Å². The zero-order valence-electron chi connectivity index (χ0n) is 19.3. The molecule has 2 aromatic carbocycles. The number of hydrogen-bond donors (Lipinski definition) is 2. The fourth-order valence-electron chi connectivity index (χ4n) is 3.82. The smallest absolute Gasteiger partial charge is 0.411 e. The molecule has 0 bridgehead atoms. The monoisotopic (exact) mass is 454 g/mol. The van der Waals surface area contributed by atoms with Gasteiger partial charge in [-0.1, -0.05) is 48.5 Å². The number of amides is 2. The zero-order chi connectivity index (χ0) is 24.2. The molecule has 33 heavy (non-hydrogen) atoms. The Morgan fingerprint density at radius 2 is 1.79 bits per heavy atom. The summed E-state index contributed by atoms with van der Waals surface area (Å²) < 4.78 is 10.7. The standard InChI is InChI=1S/C25H30N2O6/c1-16-12-19-11-10-18(14-26-23(30)32-15-17-8-6-5-7-9-17)13-20(19)21(22(28)29)27(16)24(31)33-25(2,3)4/h5-11,13,16,21H,12,14-15H2,1-4H3,(H,26,30)(H,28,29)/t16-,21?/m0/s1. The number of carbonyl (C=O) groups excluding carboxylic acids is 2. The van der Waals surface area contributed by atoms with Gasteiger partial charge in [-0.05, 0) is 56.4 Å². The first-order chi connectivity index (χ1) is 15.5. The van der Waals surface area contributed by atoms with Crippen LogP contribution in [0, 0.1) is 0 Å². The highest BCUT2D eigenvalue weighted by atomic mass is 16.6. The predicted molar refractivity (Wildman–Crippen MR) is 122 cm³/mol. The molecular formula is C25H30N2O6. The van der Waals surface area contributed by atoms with Crippen molar-refractivity contribution in [3.05, 3.63) is 70.8 Å². The van der Waals surface area contributed by atoms with Gasteiger partial charge in [-0.2, -0.15) is 0 Å². The number of carboxylic acids is 1. The third-order valence-corrected chi connectivity index (χ3v) is 5.26. The van der Waals surface area contributed by atoms with Gasteiger partial charge in [-0.3, -0.25) is 4.90 Å². The Morgan fingerprint density at radius 3 is 2.42 bits per heavy atom. The van der Waals surface area contributed by atoms with Crippen molar-refractivity contribution in [2.45, 2.75) is 65.0 Å². The summed E-state index contributed by atoms with van der Waals surface area (Å²) >= 11 is 0. The van der Waals surface area contributed by atoms with Crippen LogP contribution in [0.4, 0.5) is 9.59 Å². The minimum absolute atomic E-state index is 0.153. The summed E-state index contributed by atoms with van der Waals surface area (Å²) in [5.41, 5.74) is 2.21. The second kappa shape index (κ2) is 9.94. The van der Waals surface area contributed by atoms with Crippen molar-refractivity contribution < 1.29 is 29.0 Å². The molecule has 8 heteroatoms. The normalized spacial score (nSPS) is 17.6. The van der Waals surface area contributed by atoms with Crippen molar-refractivity contribution in [3.8, 4) is 0 Å². The minimum atomic E-state index is -1.18. The molecule has 1 aliphatic heterocycles. The molecule has 2 N–H and O–H groups in total. The summed E-state index contributed by atoms with van der Waals surface area (Å²) in [5.74, 6) is -1.14. The van der Waals surface area contributed by atoms with Crippen LogP contribution in [-0.4, -0.2) is 39.8 Å². The first-order valence-corrected chi connectivity index (χ1v) is 10.9. The number of rotatable bonds is 5. The second-order valence-electron chi connectivity index (χ2n) is 9.13. The summed E-state index contributed by atoms with van der Waals surface area (Å²) in [7, 11) is 0. The van der Waals surface area contributed by atoms with E-state index in [0.717, 1.165) is 11.1 Å². The quantitative estimate of drug-likeness (QED) is 0.693. The minimum Gasteiger partial charge on any atom is -0.479 e. The first kappa shape index (κ1) is 24.1. The van der Waals surface area contributed by atoms with Gasteiger partial charge >= 0.3 is 18.2 Å². The fraction of sp³-hybridized carbons (Fsp3) is 0.400. The number of fused-ring (bicyclic) bond motifs is 1. The average molecular weight is 455 g/mol. The molecule has 0 aliphatic carbocycles. The van der Waals surface area contributed by atoms with E-state index in [-0.39, 0.29) is 19.2 Å². The van der Waals surface area contributed by atoms with Gasteiger partial charge in [-0.15, -0.1) is 0 Å². The molecule has 0 saturated heterocycles. The number of ether oxygens (including phenoxy) is 2. The number of carboxylic acid groups (broad SMARTS) is 1. The molecular weight excluding hydrogens is 424 g/mol. The summed E-state index contributed by atoms with van der Waals surface area (Å²) in [6.45, 7) is 7.34. The lowest BCUT2D eigenvalue weighted by molar-refractivity contribution is -0.144. The molecule has 8 nitrogen and oxygen atoms in total. The van der Waals surface area contributed by atoms with Gasteiger partial charge in [0.05, 0.1) is 0 Å². The van der Waals surface area contributed by atoms with Crippen molar-refractivity contribution in [1.82, 2.24) is 10.2 Å². The summed E-state index contributed by atoms with van der Waals surface area (Å²) in [5, 5.41) is 12.6. The highest BCUT2D eigenvalue weighted by Gasteiger charge is 2.41. The van der Waals surface area contributed by atoms with Gasteiger partial charge in [0.2, 0.25) is 0 Å². The number of aliphatic carboxylic acids is 1. The number of carbonyl (C=O) groups is 3. The van der Waals surface area contributed by atoms with Gasteiger partial charge < -0.3 is 19.9 Å². The molecule has 2 atom stereocenters. The van der Waals surface area contributed by atoms with E-state index in [1.807, 2.05) is 42.5 Å². The topological polar surface area (TPSA) is 105 Å². The molecule has 0 aromatic heterocycles. The molecule has 2 amide bonds. The van der Waals surface area contributed by atoms with Crippen molar-refractivity contribution in [2.75, 3.05) is 0 Å². The van der Waals surface area contributed by atoms with Crippen molar-refractivity contribution in [1.29, 1.82) is 0 Å². The van der Waals surface area contributed by atoms with Crippen LogP contribution in [0.2, 0.25) is 0 Å². The molecule has 0 saturated carbocycles. The number of benzene rings is 2. The van der Waals surface area contributed by atoms with E-state index in [9.17, 15) is 19.5 Å². The number of hydrogen-bond acceptors (Lipinski definition) is 5. The summed E-state index contributed by atoms with van der Waals surface area (Å²) in [6.07, 6.45) is -0.734. The molecule has 0 fully saturated rings. The van der Waals surface area contributed by atoms with Crippen molar-refractivity contribution in [3.63, 3.8) is 0 Å². The molecule has 1 unspecified atom stereocenters. The fourth-order valence-corrected chi connectivity index (χ4v) is 3.82. The van der Waals surface area contributed by atoms with Gasteiger partial charge in [0.1, 0.15) is 12.2 Å². The number of alkyl carbamates (subject to hydrolysis) is 1. The lowest BCUT2D eigenvalue weighted by Crippen LogP contribution is -2.50. The van der Waals surface area contributed by atoms with Crippen LogP contribution in [0.25, 0.3) is 0 Å². The number of nitrogens with one attached hydrogen (secondary N) is 1. The van der Waals surface area contributed by atoms with Crippen molar-refractivity contribution in [2.24, 2.45) is 0 Å². The zero-order valence-corrected chi connectivity index (χ0v) is 19.3. The lowest BCUT2D eigenvalue weighted by Gasteiger charge is -2.40. The van der Waals surface area contributed by atoms with Crippen LogP contribution >= 0.6 is 0 Å². The molecule has 3 rings (SSSR count). The first-order valence-electron chi connectivity index (χ1n) is 10.9. The molecule has 0 radical (unpaired) electrons.